The number of nitrogens with zero attached hydrogens (tertiary/aromatic N) is 2. The molecule has 2 heterocycles. The third-order valence-electron chi connectivity index (χ3n) is 6.88. The van der Waals surface area contributed by atoms with Crippen LogP contribution in [0.3, 0.4) is 0 Å². The molecule has 1 aliphatic carbocycles. The third-order valence-corrected chi connectivity index (χ3v) is 8.13. The van der Waals surface area contributed by atoms with Crippen LogP contribution >= 0.6 is 11.3 Å². The molecule has 4 atom stereocenters. The van der Waals surface area contributed by atoms with E-state index < -0.39 is 0 Å². The first-order valence-electron chi connectivity index (χ1n) is 11.0. The fourth-order valence-electron chi connectivity index (χ4n) is 4.83. The molecule has 154 valence electrons. The summed E-state index contributed by atoms with van der Waals surface area (Å²) in [6.45, 7) is 12.1. The smallest absolute Gasteiger partial charge is 0.143 e. The second kappa shape index (κ2) is 8.14. The molecule has 0 amide bonds. The second-order valence-electron chi connectivity index (χ2n) is 9.24. The fourth-order valence-corrected chi connectivity index (χ4v) is 5.88. The molecule has 4 unspecified atom stereocenters. The van der Waals surface area contributed by atoms with Gasteiger partial charge in [-0.3, -0.25) is 9.79 Å². The Balaban J connectivity index is 1.74. The van der Waals surface area contributed by atoms with Crippen LogP contribution in [0, 0.1) is 11.8 Å². The highest BCUT2D eigenvalue weighted by Crippen LogP contribution is 2.44. The molecular formula is C25H32N2OS. The molecule has 0 fully saturated rings. The van der Waals surface area contributed by atoms with Gasteiger partial charge in [0, 0.05) is 31.0 Å². The van der Waals surface area contributed by atoms with Crippen LogP contribution in [-0.2, 0) is 4.79 Å². The Morgan fingerprint density at radius 2 is 2.03 bits per heavy atom. The van der Waals surface area contributed by atoms with Crippen molar-refractivity contribution in [3.63, 3.8) is 0 Å². The number of hydrogen-bond acceptors (Lipinski definition) is 4. The van der Waals surface area contributed by atoms with E-state index in [0.717, 1.165) is 17.8 Å². The van der Waals surface area contributed by atoms with Gasteiger partial charge in [0.1, 0.15) is 5.78 Å². The van der Waals surface area contributed by atoms with Gasteiger partial charge >= 0.3 is 0 Å². The van der Waals surface area contributed by atoms with E-state index in [-0.39, 0.29) is 11.8 Å². The Morgan fingerprint density at radius 3 is 2.76 bits per heavy atom. The number of allylic oxidation sites excluding steroid dienone is 2. The van der Waals surface area contributed by atoms with Gasteiger partial charge in [-0.2, -0.15) is 0 Å². The second-order valence-corrected chi connectivity index (χ2v) is 10.3. The van der Waals surface area contributed by atoms with E-state index in [2.05, 4.69) is 57.8 Å². The van der Waals surface area contributed by atoms with E-state index in [1.807, 2.05) is 6.21 Å². The molecule has 1 aromatic heterocycles. The van der Waals surface area contributed by atoms with Crippen molar-refractivity contribution in [2.24, 2.45) is 16.8 Å². The minimum atomic E-state index is -0.0442. The third kappa shape index (κ3) is 3.84. The highest BCUT2D eigenvalue weighted by Gasteiger charge is 2.29. The average molecular weight is 409 g/mol. The van der Waals surface area contributed by atoms with Crippen molar-refractivity contribution >= 4 is 33.6 Å². The number of aromatic nitrogens is 1. The molecule has 2 aromatic rings. The van der Waals surface area contributed by atoms with Gasteiger partial charge in [0.15, 0.2) is 0 Å². The lowest BCUT2D eigenvalue weighted by Crippen LogP contribution is -2.22. The molecule has 4 rings (SSSR count). The lowest BCUT2D eigenvalue weighted by Gasteiger charge is -2.23. The Hall–Kier alpha value is -1.81. The van der Waals surface area contributed by atoms with Gasteiger partial charge in [-0.15, -0.1) is 11.3 Å². The number of carbonyl (C=O) groups excluding carboxylic acids is 1. The summed E-state index contributed by atoms with van der Waals surface area (Å²) in [5.41, 5.74) is 5.55. The summed E-state index contributed by atoms with van der Waals surface area (Å²) >= 11 is 1.80. The maximum absolute atomic E-state index is 12.2. The lowest BCUT2D eigenvalue weighted by molar-refractivity contribution is -0.121. The topological polar surface area (TPSA) is 42.3 Å². The zero-order chi connectivity index (χ0) is 20.7. The number of Topliss-reactive ketones (excluding diaryl/α,β-unsaturated/α-hetero) is 1. The van der Waals surface area contributed by atoms with Crippen LogP contribution in [-0.4, -0.2) is 23.5 Å². The summed E-state index contributed by atoms with van der Waals surface area (Å²) in [7, 11) is 0. The van der Waals surface area contributed by atoms with Gasteiger partial charge in [-0.1, -0.05) is 45.4 Å². The van der Waals surface area contributed by atoms with Crippen LogP contribution in [0.5, 0.6) is 0 Å². The number of hydrogen-bond donors (Lipinski definition) is 0. The number of carbonyl (C=O) groups is 1. The van der Waals surface area contributed by atoms with Crippen LogP contribution in [0.2, 0.25) is 0 Å². The van der Waals surface area contributed by atoms with E-state index >= 15 is 0 Å². The lowest BCUT2D eigenvalue weighted by atomic mass is 9.82. The van der Waals surface area contributed by atoms with Crippen molar-refractivity contribution in [1.29, 1.82) is 0 Å². The average Bonchev–Trinajstić information content (AvgIpc) is 3.08. The maximum atomic E-state index is 12.2. The molecular weight excluding hydrogens is 376 g/mol. The maximum Gasteiger partial charge on any atom is 0.143 e. The first-order chi connectivity index (χ1) is 13.9. The molecule has 0 N–H and O–H groups in total. The zero-order valence-electron chi connectivity index (χ0n) is 18.2. The van der Waals surface area contributed by atoms with Crippen LogP contribution in [0.4, 0.5) is 0 Å². The highest BCUT2D eigenvalue weighted by molar-refractivity contribution is 7.18. The summed E-state index contributed by atoms with van der Waals surface area (Å²) in [6.07, 6.45) is 6.81. The Bertz CT molecular complexity index is 984. The van der Waals surface area contributed by atoms with Gasteiger partial charge < -0.3 is 0 Å². The summed E-state index contributed by atoms with van der Waals surface area (Å²) in [5.74, 6) is 2.10. The van der Waals surface area contributed by atoms with Gasteiger partial charge in [0.2, 0.25) is 0 Å². The Kier molecular flexibility index (Phi) is 5.74. The molecule has 2 aliphatic rings. The minimum absolute atomic E-state index is 0.0442. The molecule has 1 aliphatic heterocycles. The van der Waals surface area contributed by atoms with E-state index in [0.29, 0.717) is 36.5 Å². The molecule has 0 saturated heterocycles. The molecule has 0 spiro atoms. The van der Waals surface area contributed by atoms with Crippen molar-refractivity contribution in [2.75, 3.05) is 6.54 Å². The molecule has 0 radical (unpaired) electrons. The van der Waals surface area contributed by atoms with E-state index in [4.69, 9.17) is 4.98 Å². The monoisotopic (exact) mass is 408 g/mol. The largest absolute Gasteiger partial charge is 0.299 e. The predicted octanol–water partition coefficient (Wildman–Crippen LogP) is 6.64. The summed E-state index contributed by atoms with van der Waals surface area (Å²) < 4.78 is 1.28. The number of fused-ring (bicyclic) bond motifs is 3. The minimum Gasteiger partial charge on any atom is -0.299 e. The zero-order valence-corrected chi connectivity index (χ0v) is 19.1. The van der Waals surface area contributed by atoms with Crippen LogP contribution in [0.15, 0.2) is 28.8 Å². The van der Waals surface area contributed by atoms with Crippen LogP contribution in [0.1, 0.15) is 87.8 Å². The highest BCUT2D eigenvalue weighted by atomic mass is 32.1. The van der Waals surface area contributed by atoms with Crippen LogP contribution in [0.25, 0.3) is 10.2 Å². The molecule has 0 bridgehead atoms. The normalized spacial score (nSPS) is 25.8. The van der Waals surface area contributed by atoms with Gasteiger partial charge in [0.25, 0.3) is 0 Å². The SMILES string of the molecule is CC1=CCC(C(C)C)c2ccc3sc(C(C)CC4C=NCCC4=O)nc3c2C1C. The van der Waals surface area contributed by atoms with Crippen molar-refractivity contribution in [3.8, 4) is 0 Å². The molecule has 0 saturated carbocycles. The standard InChI is InChI=1S/C25H32N2OS/c1-14(2)19-7-6-15(3)17(5)23-20(19)8-9-22-24(23)27-25(29-22)16(4)12-18-13-26-11-10-21(18)28/h6,8-9,13-14,16-19H,7,10-12H2,1-5H3. The number of ketones is 1. The summed E-state index contributed by atoms with van der Waals surface area (Å²) in [6, 6.07) is 4.63. The fraction of sp³-hybridized carbons (Fsp3) is 0.560. The van der Waals surface area contributed by atoms with Crippen molar-refractivity contribution < 1.29 is 4.79 Å². The molecule has 1 aromatic carbocycles. The van der Waals surface area contributed by atoms with Crippen LogP contribution < -0.4 is 0 Å². The van der Waals surface area contributed by atoms with E-state index in [1.165, 1.54) is 26.9 Å². The molecule has 3 nitrogen and oxygen atoms in total. The predicted molar refractivity (Wildman–Crippen MR) is 123 cm³/mol. The van der Waals surface area contributed by atoms with E-state index in [9.17, 15) is 4.79 Å². The number of rotatable bonds is 4. The quantitative estimate of drug-likeness (QED) is 0.532. The van der Waals surface area contributed by atoms with Gasteiger partial charge in [-0.05, 0) is 48.8 Å². The van der Waals surface area contributed by atoms with Crippen molar-refractivity contribution in [2.45, 2.75) is 71.6 Å². The first kappa shape index (κ1) is 20.5. The van der Waals surface area contributed by atoms with Crippen molar-refractivity contribution in [1.82, 2.24) is 4.98 Å². The molecule has 4 heteroatoms. The van der Waals surface area contributed by atoms with Gasteiger partial charge in [-0.25, -0.2) is 4.98 Å². The van der Waals surface area contributed by atoms with E-state index in [1.54, 1.807) is 11.3 Å². The number of benzene rings is 1. The van der Waals surface area contributed by atoms with Gasteiger partial charge in [0.05, 0.1) is 21.1 Å². The summed E-state index contributed by atoms with van der Waals surface area (Å²) in [5, 5.41) is 1.15. The number of aliphatic imine (C=N–C) groups is 1. The number of thiazole rings is 1. The molecule has 29 heavy (non-hydrogen) atoms. The Labute approximate surface area is 178 Å². The van der Waals surface area contributed by atoms with Crippen molar-refractivity contribution in [3.05, 3.63) is 39.9 Å². The summed E-state index contributed by atoms with van der Waals surface area (Å²) in [4.78, 5) is 21.7. The first-order valence-corrected chi connectivity index (χ1v) is 11.8. The Morgan fingerprint density at radius 1 is 1.24 bits per heavy atom.